The SMILES string of the molecule is Cc1cc(N2CCN(Cc3cn4cc(Br)ccc4n3)CC2)n2ncnc2n1. The first-order valence-corrected chi connectivity index (χ1v) is 9.73. The number of halogens is 1. The first kappa shape index (κ1) is 16.6. The number of anilines is 1. The number of aryl methyl sites for hydroxylation is 1. The summed E-state index contributed by atoms with van der Waals surface area (Å²) in [6.45, 7) is 6.70. The van der Waals surface area contributed by atoms with Gasteiger partial charge in [0.25, 0.3) is 5.78 Å². The van der Waals surface area contributed by atoms with Crippen molar-refractivity contribution in [2.45, 2.75) is 13.5 Å². The van der Waals surface area contributed by atoms with Gasteiger partial charge in [-0.05, 0) is 35.0 Å². The molecule has 27 heavy (non-hydrogen) atoms. The number of fused-ring (bicyclic) bond motifs is 2. The lowest BCUT2D eigenvalue weighted by Gasteiger charge is -2.35. The molecule has 5 heterocycles. The van der Waals surface area contributed by atoms with E-state index in [9.17, 15) is 0 Å². The number of hydrogen-bond donors (Lipinski definition) is 0. The molecule has 1 aliphatic rings. The second-order valence-corrected chi connectivity index (χ2v) is 7.75. The zero-order valence-corrected chi connectivity index (χ0v) is 16.5. The molecule has 4 aromatic rings. The van der Waals surface area contributed by atoms with E-state index < -0.39 is 0 Å². The van der Waals surface area contributed by atoms with Crippen LogP contribution in [0.5, 0.6) is 0 Å². The highest BCUT2D eigenvalue weighted by Gasteiger charge is 2.21. The van der Waals surface area contributed by atoms with Crippen molar-refractivity contribution in [2.75, 3.05) is 31.1 Å². The van der Waals surface area contributed by atoms with Gasteiger partial charge in [0.2, 0.25) is 0 Å². The van der Waals surface area contributed by atoms with Gasteiger partial charge < -0.3 is 9.30 Å². The average molecular weight is 427 g/mol. The Balaban J connectivity index is 1.30. The van der Waals surface area contributed by atoms with Crippen molar-refractivity contribution < 1.29 is 0 Å². The smallest absolute Gasteiger partial charge is 0.254 e. The molecular formula is C18H19BrN8. The summed E-state index contributed by atoms with van der Waals surface area (Å²) < 4.78 is 4.94. The van der Waals surface area contributed by atoms with Crippen LogP contribution in [0.25, 0.3) is 11.4 Å². The zero-order chi connectivity index (χ0) is 18.4. The van der Waals surface area contributed by atoms with Crippen molar-refractivity contribution >= 4 is 33.2 Å². The molecule has 0 bridgehead atoms. The normalized spacial score (nSPS) is 15.9. The van der Waals surface area contributed by atoms with Gasteiger partial charge in [-0.3, -0.25) is 4.90 Å². The van der Waals surface area contributed by atoms with Crippen LogP contribution in [-0.2, 0) is 6.54 Å². The molecule has 8 nitrogen and oxygen atoms in total. The quantitative estimate of drug-likeness (QED) is 0.500. The van der Waals surface area contributed by atoms with Crippen LogP contribution in [0.2, 0.25) is 0 Å². The fourth-order valence-electron chi connectivity index (χ4n) is 3.59. The van der Waals surface area contributed by atoms with Gasteiger partial charge in [-0.25, -0.2) is 9.97 Å². The van der Waals surface area contributed by atoms with Crippen molar-refractivity contribution in [1.82, 2.24) is 33.9 Å². The maximum absolute atomic E-state index is 4.73. The van der Waals surface area contributed by atoms with Crippen LogP contribution < -0.4 is 4.90 Å². The third-order valence-electron chi connectivity index (χ3n) is 4.91. The predicted octanol–water partition coefficient (Wildman–Crippen LogP) is 2.17. The predicted molar refractivity (Wildman–Crippen MR) is 106 cm³/mol. The Bertz CT molecular complexity index is 1110. The number of piperazine rings is 1. The van der Waals surface area contributed by atoms with Gasteiger partial charge in [-0.2, -0.15) is 14.6 Å². The van der Waals surface area contributed by atoms with Crippen LogP contribution in [0.15, 0.2) is 41.4 Å². The van der Waals surface area contributed by atoms with Crippen LogP contribution >= 0.6 is 15.9 Å². The summed E-state index contributed by atoms with van der Waals surface area (Å²) in [4.78, 5) is 18.2. The summed E-state index contributed by atoms with van der Waals surface area (Å²) in [6, 6.07) is 6.13. The Kier molecular flexibility index (Phi) is 4.05. The minimum absolute atomic E-state index is 0.656. The molecule has 0 N–H and O–H groups in total. The summed E-state index contributed by atoms with van der Waals surface area (Å²) in [5, 5.41) is 4.32. The number of rotatable bonds is 3. The highest BCUT2D eigenvalue weighted by molar-refractivity contribution is 9.10. The van der Waals surface area contributed by atoms with E-state index in [1.807, 2.05) is 29.8 Å². The minimum Gasteiger partial charge on any atom is -0.354 e. The summed E-state index contributed by atoms with van der Waals surface area (Å²) in [6.07, 6.45) is 5.71. The van der Waals surface area contributed by atoms with E-state index in [-0.39, 0.29) is 0 Å². The third-order valence-corrected chi connectivity index (χ3v) is 5.38. The van der Waals surface area contributed by atoms with Crippen LogP contribution in [0, 0.1) is 6.92 Å². The molecule has 0 saturated carbocycles. The van der Waals surface area contributed by atoms with Crippen molar-refractivity contribution in [2.24, 2.45) is 0 Å². The van der Waals surface area contributed by atoms with E-state index in [0.717, 1.165) is 60.0 Å². The summed E-state index contributed by atoms with van der Waals surface area (Å²) in [5.41, 5.74) is 3.04. The number of nitrogens with zero attached hydrogens (tertiary/aromatic N) is 8. The Hall–Kier alpha value is -2.52. The second-order valence-electron chi connectivity index (χ2n) is 6.84. The van der Waals surface area contributed by atoms with E-state index >= 15 is 0 Å². The first-order chi connectivity index (χ1) is 13.2. The third kappa shape index (κ3) is 3.17. The molecule has 9 heteroatoms. The van der Waals surface area contributed by atoms with Gasteiger partial charge >= 0.3 is 0 Å². The molecule has 1 fully saturated rings. The van der Waals surface area contributed by atoms with Crippen molar-refractivity contribution in [1.29, 1.82) is 0 Å². The highest BCUT2D eigenvalue weighted by atomic mass is 79.9. The molecule has 5 rings (SSSR count). The van der Waals surface area contributed by atoms with Crippen LogP contribution in [0.1, 0.15) is 11.4 Å². The molecule has 0 unspecified atom stereocenters. The fourth-order valence-corrected chi connectivity index (χ4v) is 3.95. The van der Waals surface area contributed by atoms with Gasteiger partial charge in [0.05, 0.1) is 5.69 Å². The van der Waals surface area contributed by atoms with Gasteiger partial charge in [0.15, 0.2) is 0 Å². The molecule has 0 spiro atoms. The van der Waals surface area contributed by atoms with Crippen LogP contribution in [0.3, 0.4) is 0 Å². The van der Waals surface area contributed by atoms with Gasteiger partial charge in [0, 0.05) is 61.4 Å². The molecule has 0 aromatic carbocycles. The monoisotopic (exact) mass is 426 g/mol. The summed E-state index contributed by atoms with van der Waals surface area (Å²) in [7, 11) is 0. The molecule has 1 aliphatic heterocycles. The molecule has 0 aliphatic carbocycles. The van der Waals surface area contributed by atoms with E-state index in [1.54, 1.807) is 6.33 Å². The maximum atomic E-state index is 4.73. The fraction of sp³-hybridized carbons (Fsp3) is 0.333. The van der Waals surface area contributed by atoms with Crippen LogP contribution in [-0.4, -0.2) is 60.0 Å². The maximum Gasteiger partial charge on any atom is 0.254 e. The lowest BCUT2D eigenvalue weighted by Crippen LogP contribution is -2.46. The Morgan fingerprint density at radius 1 is 1.07 bits per heavy atom. The zero-order valence-electron chi connectivity index (χ0n) is 15.0. The molecule has 1 saturated heterocycles. The summed E-state index contributed by atoms with van der Waals surface area (Å²) >= 11 is 3.51. The minimum atomic E-state index is 0.656. The number of aromatic nitrogens is 6. The Morgan fingerprint density at radius 3 is 2.78 bits per heavy atom. The summed E-state index contributed by atoms with van der Waals surface area (Å²) in [5.74, 6) is 1.72. The van der Waals surface area contributed by atoms with E-state index in [0.29, 0.717) is 5.78 Å². The van der Waals surface area contributed by atoms with Gasteiger partial charge in [-0.15, -0.1) is 0 Å². The number of pyridine rings is 1. The first-order valence-electron chi connectivity index (χ1n) is 8.93. The van der Waals surface area contributed by atoms with E-state index in [1.165, 1.54) is 0 Å². The van der Waals surface area contributed by atoms with Crippen molar-refractivity contribution in [3.8, 4) is 0 Å². The van der Waals surface area contributed by atoms with Crippen molar-refractivity contribution in [3.05, 3.63) is 52.8 Å². The number of hydrogen-bond acceptors (Lipinski definition) is 6. The van der Waals surface area contributed by atoms with E-state index in [2.05, 4.69) is 57.5 Å². The lowest BCUT2D eigenvalue weighted by molar-refractivity contribution is 0.246. The second kappa shape index (κ2) is 6.58. The molecule has 4 aromatic heterocycles. The molecule has 0 atom stereocenters. The molecular weight excluding hydrogens is 408 g/mol. The van der Waals surface area contributed by atoms with Crippen LogP contribution in [0.4, 0.5) is 5.82 Å². The number of imidazole rings is 1. The lowest BCUT2D eigenvalue weighted by atomic mass is 10.3. The van der Waals surface area contributed by atoms with Gasteiger partial charge in [-0.1, -0.05) is 0 Å². The Morgan fingerprint density at radius 2 is 1.93 bits per heavy atom. The Labute approximate surface area is 164 Å². The molecule has 0 radical (unpaired) electrons. The molecule has 138 valence electrons. The molecule has 0 amide bonds. The standard InChI is InChI=1S/C18H19BrN8/c1-13-8-17(27-18(22-13)20-12-21-27)25-6-4-24(5-7-25)10-15-11-26-9-14(19)2-3-16(26)23-15/h2-3,8-9,11-12H,4-7,10H2,1H3. The van der Waals surface area contributed by atoms with Crippen molar-refractivity contribution in [3.63, 3.8) is 0 Å². The topological polar surface area (TPSA) is 66.9 Å². The van der Waals surface area contributed by atoms with Gasteiger partial charge in [0.1, 0.15) is 17.8 Å². The highest BCUT2D eigenvalue weighted by Crippen LogP contribution is 2.19. The largest absolute Gasteiger partial charge is 0.354 e. The van der Waals surface area contributed by atoms with E-state index in [4.69, 9.17) is 4.98 Å². The average Bonchev–Trinajstić information content (AvgIpc) is 3.27.